The summed E-state index contributed by atoms with van der Waals surface area (Å²) in [5, 5.41) is 9.69. The van der Waals surface area contributed by atoms with Crippen molar-refractivity contribution >= 4 is 10.9 Å². The zero-order chi connectivity index (χ0) is 26.1. The molecule has 11 heteroatoms. The molecule has 0 saturated carbocycles. The van der Waals surface area contributed by atoms with E-state index in [1.807, 2.05) is 30.5 Å². The summed E-state index contributed by atoms with van der Waals surface area (Å²) in [6, 6.07) is 7.97. The Morgan fingerprint density at radius 2 is 0.892 bits per heavy atom. The van der Waals surface area contributed by atoms with Crippen LogP contribution in [-0.4, -0.2) is 129 Å². The first-order chi connectivity index (χ1) is 18.4. The molecule has 0 spiro atoms. The zero-order valence-corrected chi connectivity index (χ0v) is 21.7. The molecule has 0 aliphatic heterocycles. The van der Waals surface area contributed by atoms with Gasteiger partial charge in [0.15, 0.2) is 0 Å². The first-order valence-corrected chi connectivity index (χ1v) is 12.8. The van der Waals surface area contributed by atoms with Gasteiger partial charge in [0.25, 0.3) is 0 Å². The number of hydrogen-bond acceptors (Lipinski definition) is 10. The van der Waals surface area contributed by atoms with Crippen LogP contribution in [0.25, 0.3) is 10.9 Å². The molecule has 0 radical (unpaired) electrons. The molecule has 11 nitrogen and oxygen atoms in total. The van der Waals surface area contributed by atoms with Crippen molar-refractivity contribution in [1.29, 1.82) is 0 Å². The standard InChI is InChI=1S/C26H43NO10/c28-5-6-29-7-8-30-9-10-31-11-12-32-13-14-33-15-16-34-17-18-35-19-20-36-21-22-37-25-1-2-26-24(23-25)3-4-27-26/h1-4,23,27-28H,5-22H2. The van der Waals surface area contributed by atoms with Gasteiger partial charge in [-0.05, 0) is 24.3 Å². The Labute approximate surface area is 219 Å². The quantitative estimate of drug-likeness (QED) is 0.165. The number of aliphatic hydroxyl groups excluding tert-OH is 1. The predicted molar refractivity (Wildman–Crippen MR) is 137 cm³/mol. The van der Waals surface area contributed by atoms with E-state index in [2.05, 4.69) is 4.98 Å². The van der Waals surface area contributed by atoms with Gasteiger partial charge in [0.05, 0.1) is 112 Å². The van der Waals surface area contributed by atoms with Gasteiger partial charge < -0.3 is 52.7 Å². The minimum Gasteiger partial charge on any atom is -0.491 e. The molecule has 0 fully saturated rings. The second-order valence-electron chi connectivity index (χ2n) is 7.70. The molecular formula is C26H43NO10. The van der Waals surface area contributed by atoms with Crippen molar-refractivity contribution in [3.05, 3.63) is 30.5 Å². The molecule has 2 N–H and O–H groups in total. The van der Waals surface area contributed by atoms with Crippen LogP contribution in [-0.2, 0) is 37.9 Å². The number of aliphatic hydroxyl groups is 1. The van der Waals surface area contributed by atoms with Crippen LogP contribution in [0.1, 0.15) is 0 Å². The molecule has 1 aromatic heterocycles. The van der Waals surface area contributed by atoms with Gasteiger partial charge in [-0.2, -0.15) is 0 Å². The highest BCUT2D eigenvalue weighted by molar-refractivity contribution is 5.80. The maximum atomic E-state index is 8.56. The Morgan fingerprint density at radius 1 is 0.486 bits per heavy atom. The van der Waals surface area contributed by atoms with Crippen molar-refractivity contribution in [2.75, 3.05) is 119 Å². The van der Waals surface area contributed by atoms with Crippen molar-refractivity contribution in [3.8, 4) is 5.75 Å². The zero-order valence-electron chi connectivity index (χ0n) is 21.7. The Hall–Kier alpha value is -1.80. The Bertz CT molecular complexity index is 760. The fraction of sp³-hybridized carbons (Fsp3) is 0.692. The monoisotopic (exact) mass is 529 g/mol. The first kappa shape index (κ1) is 31.4. The number of aromatic nitrogens is 1. The lowest BCUT2D eigenvalue weighted by molar-refractivity contribution is -0.0242. The smallest absolute Gasteiger partial charge is 0.120 e. The second kappa shape index (κ2) is 23.3. The number of fused-ring (bicyclic) bond motifs is 1. The third kappa shape index (κ3) is 17.4. The van der Waals surface area contributed by atoms with Crippen molar-refractivity contribution in [3.63, 3.8) is 0 Å². The van der Waals surface area contributed by atoms with E-state index in [9.17, 15) is 0 Å². The molecule has 1 heterocycles. The molecular weight excluding hydrogens is 486 g/mol. The SMILES string of the molecule is OCCOCCOCCOCCOCCOCCOCCOCCOCCOc1ccc2[nH]ccc2c1. The molecule has 2 rings (SSSR count). The molecule has 0 unspecified atom stereocenters. The van der Waals surface area contributed by atoms with Gasteiger partial charge in [-0.25, -0.2) is 0 Å². The average molecular weight is 530 g/mol. The van der Waals surface area contributed by atoms with Crippen LogP contribution in [0.15, 0.2) is 30.5 Å². The van der Waals surface area contributed by atoms with Gasteiger partial charge in [0.2, 0.25) is 0 Å². The van der Waals surface area contributed by atoms with E-state index in [-0.39, 0.29) is 6.61 Å². The fourth-order valence-corrected chi connectivity index (χ4v) is 3.05. The Kier molecular flexibility index (Phi) is 19.8. The average Bonchev–Trinajstić information content (AvgIpc) is 3.39. The van der Waals surface area contributed by atoms with E-state index in [1.54, 1.807) is 0 Å². The molecule has 212 valence electrons. The van der Waals surface area contributed by atoms with Crippen LogP contribution in [0.4, 0.5) is 0 Å². The summed E-state index contributed by atoms with van der Waals surface area (Å²) in [7, 11) is 0. The van der Waals surface area contributed by atoms with Gasteiger partial charge >= 0.3 is 0 Å². The minimum atomic E-state index is 0.0285. The molecule has 1 aromatic carbocycles. The summed E-state index contributed by atoms with van der Waals surface area (Å²) >= 11 is 0. The molecule has 0 bridgehead atoms. The van der Waals surface area contributed by atoms with E-state index in [1.165, 1.54) is 0 Å². The summed E-state index contributed by atoms with van der Waals surface area (Å²) in [6.45, 7) is 8.50. The van der Waals surface area contributed by atoms with E-state index < -0.39 is 0 Å². The van der Waals surface area contributed by atoms with Gasteiger partial charge in [-0.15, -0.1) is 0 Å². The number of H-pyrrole nitrogens is 1. The first-order valence-electron chi connectivity index (χ1n) is 12.8. The maximum absolute atomic E-state index is 8.56. The van der Waals surface area contributed by atoms with Crippen LogP contribution >= 0.6 is 0 Å². The van der Waals surface area contributed by atoms with Crippen LogP contribution in [0.5, 0.6) is 5.75 Å². The number of nitrogens with one attached hydrogen (secondary N) is 1. The highest BCUT2D eigenvalue weighted by Crippen LogP contribution is 2.19. The molecule has 0 aliphatic rings. The molecule has 37 heavy (non-hydrogen) atoms. The molecule has 0 atom stereocenters. The fourth-order valence-electron chi connectivity index (χ4n) is 3.05. The van der Waals surface area contributed by atoms with Crippen LogP contribution < -0.4 is 4.74 Å². The number of ether oxygens (including phenoxy) is 9. The third-order valence-corrected chi connectivity index (χ3v) is 4.86. The maximum Gasteiger partial charge on any atom is 0.120 e. The molecule has 2 aromatic rings. The summed E-state index contributed by atoms with van der Waals surface area (Å²) in [4.78, 5) is 3.16. The van der Waals surface area contributed by atoms with E-state index in [0.717, 1.165) is 16.7 Å². The lowest BCUT2D eigenvalue weighted by Gasteiger charge is -2.09. The minimum absolute atomic E-state index is 0.0285. The van der Waals surface area contributed by atoms with Gasteiger partial charge in [-0.1, -0.05) is 0 Å². The predicted octanol–water partition coefficient (Wildman–Crippen LogP) is 1.67. The third-order valence-electron chi connectivity index (χ3n) is 4.86. The lowest BCUT2D eigenvalue weighted by atomic mass is 10.2. The van der Waals surface area contributed by atoms with Crippen molar-refractivity contribution in [2.24, 2.45) is 0 Å². The summed E-state index contributed by atoms with van der Waals surface area (Å²) in [6.07, 6.45) is 1.91. The summed E-state index contributed by atoms with van der Waals surface area (Å²) in [5.74, 6) is 0.835. The van der Waals surface area contributed by atoms with Gasteiger partial charge in [-0.3, -0.25) is 0 Å². The lowest BCUT2D eigenvalue weighted by Crippen LogP contribution is -2.15. The van der Waals surface area contributed by atoms with E-state index in [0.29, 0.717) is 112 Å². The van der Waals surface area contributed by atoms with E-state index >= 15 is 0 Å². The van der Waals surface area contributed by atoms with Crippen LogP contribution in [0, 0.1) is 0 Å². The van der Waals surface area contributed by atoms with Crippen molar-refractivity contribution in [1.82, 2.24) is 4.98 Å². The van der Waals surface area contributed by atoms with Crippen molar-refractivity contribution in [2.45, 2.75) is 0 Å². The van der Waals surface area contributed by atoms with Crippen LogP contribution in [0.3, 0.4) is 0 Å². The normalized spacial score (nSPS) is 11.5. The number of aromatic amines is 1. The number of benzene rings is 1. The summed E-state index contributed by atoms with van der Waals surface area (Å²) < 4.78 is 48.8. The second-order valence-corrected chi connectivity index (χ2v) is 7.70. The summed E-state index contributed by atoms with van der Waals surface area (Å²) in [5.41, 5.74) is 1.10. The number of rotatable bonds is 27. The molecule has 0 aliphatic carbocycles. The van der Waals surface area contributed by atoms with Crippen LogP contribution in [0.2, 0.25) is 0 Å². The highest BCUT2D eigenvalue weighted by Gasteiger charge is 1.99. The largest absolute Gasteiger partial charge is 0.491 e. The molecule has 0 amide bonds. The number of hydrogen-bond donors (Lipinski definition) is 2. The Balaban J connectivity index is 1.20. The van der Waals surface area contributed by atoms with Gasteiger partial charge in [0.1, 0.15) is 12.4 Å². The highest BCUT2D eigenvalue weighted by atomic mass is 16.6. The topological polar surface area (TPSA) is 119 Å². The molecule has 0 saturated heterocycles. The van der Waals surface area contributed by atoms with Gasteiger partial charge in [0, 0.05) is 17.1 Å². The van der Waals surface area contributed by atoms with Crippen molar-refractivity contribution < 1.29 is 47.7 Å². The van der Waals surface area contributed by atoms with E-state index in [4.69, 9.17) is 47.7 Å². The Morgan fingerprint density at radius 3 is 1.32 bits per heavy atom.